The molecule has 0 unspecified atom stereocenters. The number of carbonyl (C=O) groups excluding carboxylic acids is 1. The predicted octanol–water partition coefficient (Wildman–Crippen LogP) is 3.62. The molecule has 0 aliphatic carbocycles. The van der Waals surface area contributed by atoms with Crippen LogP contribution in [0.1, 0.15) is 40.3 Å². The van der Waals surface area contributed by atoms with E-state index in [1.165, 1.54) is 13.3 Å². The van der Waals surface area contributed by atoms with E-state index in [9.17, 15) is 9.59 Å². The Bertz CT molecular complexity index is 1320. The third kappa shape index (κ3) is 6.16. The predicted molar refractivity (Wildman–Crippen MR) is 136 cm³/mol. The number of aromatic nitrogens is 3. The van der Waals surface area contributed by atoms with E-state index in [0.29, 0.717) is 29.4 Å². The normalized spacial score (nSPS) is 10.8. The molecule has 36 heavy (non-hydrogen) atoms. The van der Waals surface area contributed by atoms with Crippen molar-refractivity contribution in [2.45, 2.75) is 19.3 Å². The number of amides is 1. The Balaban J connectivity index is 0.000000249. The van der Waals surface area contributed by atoms with Gasteiger partial charge in [0, 0.05) is 41.8 Å². The zero-order valence-corrected chi connectivity index (χ0v) is 20.6. The van der Waals surface area contributed by atoms with E-state index in [-0.39, 0.29) is 17.0 Å². The van der Waals surface area contributed by atoms with Crippen LogP contribution in [0.25, 0.3) is 5.78 Å². The maximum Gasteiger partial charge on any atom is 0.356 e. The van der Waals surface area contributed by atoms with E-state index in [4.69, 9.17) is 20.3 Å². The van der Waals surface area contributed by atoms with Crippen LogP contribution in [-0.2, 0) is 5.41 Å². The maximum atomic E-state index is 12.4. The maximum absolute atomic E-state index is 12.4. The van der Waals surface area contributed by atoms with Gasteiger partial charge in [0.15, 0.2) is 17.2 Å². The quantitative estimate of drug-likeness (QED) is 0.356. The third-order valence-corrected chi connectivity index (χ3v) is 5.53. The summed E-state index contributed by atoms with van der Waals surface area (Å²) >= 11 is 0. The number of methoxy groups -OCH3 is 2. The zero-order valence-electron chi connectivity index (χ0n) is 20.6. The van der Waals surface area contributed by atoms with Crippen molar-refractivity contribution >= 4 is 23.3 Å². The van der Waals surface area contributed by atoms with Crippen LogP contribution in [0.5, 0.6) is 11.5 Å². The molecule has 2 heterocycles. The van der Waals surface area contributed by atoms with Crippen LogP contribution >= 0.6 is 0 Å². The average molecular weight is 492 g/mol. The third-order valence-electron chi connectivity index (χ3n) is 5.53. The molecule has 2 aromatic heterocycles. The van der Waals surface area contributed by atoms with E-state index >= 15 is 0 Å². The Labute approximate surface area is 208 Å². The van der Waals surface area contributed by atoms with Crippen LogP contribution in [0.3, 0.4) is 0 Å². The van der Waals surface area contributed by atoms with Crippen LogP contribution in [0, 0.1) is 0 Å². The summed E-state index contributed by atoms with van der Waals surface area (Å²) in [6, 6.07) is 14.5. The molecule has 4 N–H and O–H groups in total. The summed E-state index contributed by atoms with van der Waals surface area (Å²) in [7, 11) is 3.10. The second-order valence-corrected chi connectivity index (χ2v) is 8.45. The molecule has 4 aromatic rings. The molecule has 0 aliphatic rings. The van der Waals surface area contributed by atoms with Crippen LogP contribution in [0.15, 0.2) is 67.1 Å². The summed E-state index contributed by atoms with van der Waals surface area (Å²) in [6.45, 7) is 4.73. The fourth-order valence-electron chi connectivity index (χ4n) is 3.24. The number of nitrogens with two attached hydrogens (primary N) is 1. The number of benzene rings is 2. The van der Waals surface area contributed by atoms with Crippen LogP contribution in [0.4, 0.5) is 5.69 Å². The number of ether oxygens (including phenoxy) is 2. The van der Waals surface area contributed by atoms with Gasteiger partial charge in [-0.15, -0.1) is 0 Å². The highest BCUT2D eigenvalue weighted by molar-refractivity contribution is 6.04. The van der Waals surface area contributed by atoms with Gasteiger partial charge < -0.3 is 25.6 Å². The van der Waals surface area contributed by atoms with E-state index in [1.54, 1.807) is 48.2 Å². The van der Waals surface area contributed by atoms with Gasteiger partial charge in [-0.05, 0) is 42.0 Å². The van der Waals surface area contributed by atoms with Crippen molar-refractivity contribution < 1.29 is 24.2 Å². The molecular formula is C26H29N5O5. The van der Waals surface area contributed by atoms with E-state index < -0.39 is 5.97 Å². The average Bonchev–Trinajstić information content (AvgIpc) is 3.34. The van der Waals surface area contributed by atoms with E-state index in [1.807, 2.05) is 24.3 Å². The molecule has 10 nitrogen and oxygen atoms in total. The molecule has 0 atom stereocenters. The largest absolute Gasteiger partial charge is 0.493 e. The number of fused-ring (bicyclic) bond motifs is 1. The number of carbonyl (C=O) groups is 2. The number of rotatable bonds is 7. The standard InChI is InChI=1S/C19H24N2O3.C7H5N3O2/c1-19(2,12-20)14-6-8-15(9-7-14)21-18(22)13-5-10-16(23-3)17(11-13)24-4;11-6(12)5-4-10-3-1-2-8-7(10)9-5/h5-11H,12,20H2,1-4H3,(H,21,22);1-4H,(H,11,12). The molecule has 0 fully saturated rings. The van der Waals surface area contributed by atoms with Crippen molar-refractivity contribution in [2.75, 3.05) is 26.1 Å². The topological polar surface area (TPSA) is 141 Å². The molecule has 0 aliphatic heterocycles. The van der Waals surface area contributed by atoms with Crippen LogP contribution < -0.4 is 20.5 Å². The second kappa shape index (κ2) is 11.3. The molecule has 0 saturated carbocycles. The first-order valence-corrected chi connectivity index (χ1v) is 11.1. The Morgan fingerprint density at radius 3 is 2.36 bits per heavy atom. The van der Waals surface area contributed by atoms with Crippen LogP contribution in [0.2, 0.25) is 0 Å². The number of carboxylic acids is 1. The monoisotopic (exact) mass is 491 g/mol. The lowest BCUT2D eigenvalue weighted by atomic mass is 9.85. The lowest BCUT2D eigenvalue weighted by Gasteiger charge is -2.23. The van der Waals surface area contributed by atoms with Crippen molar-refractivity contribution in [3.05, 3.63) is 83.9 Å². The highest BCUT2D eigenvalue weighted by atomic mass is 16.5. The summed E-state index contributed by atoms with van der Waals surface area (Å²) in [5.41, 5.74) is 8.07. The molecule has 0 saturated heterocycles. The molecule has 0 radical (unpaired) electrons. The van der Waals surface area contributed by atoms with Crippen molar-refractivity contribution in [3.63, 3.8) is 0 Å². The Morgan fingerprint density at radius 2 is 1.78 bits per heavy atom. The highest BCUT2D eigenvalue weighted by Crippen LogP contribution is 2.28. The number of nitrogens with zero attached hydrogens (tertiary/aromatic N) is 3. The van der Waals surface area contributed by atoms with Crippen LogP contribution in [-0.4, -0.2) is 52.1 Å². The van der Waals surface area contributed by atoms with Gasteiger partial charge in [0.2, 0.25) is 5.78 Å². The van der Waals surface area contributed by atoms with Gasteiger partial charge in [-0.1, -0.05) is 26.0 Å². The van der Waals surface area contributed by atoms with Gasteiger partial charge in [0.1, 0.15) is 0 Å². The van der Waals surface area contributed by atoms with Gasteiger partial charge >= 0.3 is 5.97 Å². The first-order chi connectivity index (χ1) is 17.2. The number of carboxylic acid groups (broad SMARTS) is 1. The summed E-state index contributed by atoms with van der Waals surface area (Å²) in [5.74, 6) is 0.254. The summed E-state index contributed by atoms with van der Waals surface area (Å²) < 4.78 is 12.0. The molecule has 2 aromatic carbocycles. The number of aromatic carboxylic acids is 1. The van der Waals surface area contributed by atoms with Crippen molar-refractivity contribution in [1.82, 2.24) is 14.4 Å². The van der Waals surface area contributed by atoms with Gasteiger partial charge in [0.25, 0.3) is 5.91 Å². The molecular weight excluding hydrogens is 462 g/mol. The Hall–Kier alpha value is -4.44. The molecule has 188 valence electrons. The van der Waals surface area contributed by atoms with Crippen molar-refractivity contribution in [2.24, 2.45) is 5.73 Å². The molecule has 1 amide bonds. The minimum Gasteiger partial charge on any atom is -0.493 e. The fourth-order valence-corrected chi connectivity index (χ4v) is 3.24. The smallest absolute Gasteiger partial charge is 0.356 e. The summed E-state index contributed by atoms with van der Waals surface area (Å²) in [5, 5.41) is 11.5. The first-order valence-electron chi connectivity index (χ1n) is 11.1. The van der Waals surface area contributed by atoms with Crippen molar-refractivity contribution in [1.29, 1.82) is 0 Å². The van der Waals surface area contributed by atoms with Gasteiger partial charge in [-0.25, -0.2) is 14.8 Å². The number of imidazole rings is 1. The van der Waals surface area contributed by atoms with E-state index in [2.05, 4.69) is 29.1 Å². The van der Waals surface area contributed by atoms with Crippen molar-refractivity contribution in [3.8, 4) is 11.5 Å². The van der Waals surface area contributed by atoms with Gasteiger partial charge in [0.05, 0.1) is 14.2 Å². The lowest BCUT2D eigenvalue weighted by Crippen LogP contribution is -2.27. The lowest BCUT2D eigenvalue weighted by molar-refractivity contribution is 0.0691. The fraction of sp³-hybridized carbons (Fsp3) is 0.231. The van der Waals surface area contributed by atoms with Gasteiger partial charge in [-0.2, -0.15) is 0 Å². The Kier molecular flexibility index (Phi) is 8.23. The molecule has 0 bridgehead atoms. The highest BCUT2D eigenvalue weighted by Gasteiger charge is 2.18. The SMILES string of the molecule is COc1ccc(C(=O)Nc2ccc(C(C)(C)CN)cc2)cc1OC.O=C(O)c1cn2cccnc2n1. The summed E-state index contributed by atoms with van der Waals surface area (Å²) in [4.78, 5) is 30.5. The minimum atomic E-state index is -1.04. The first kappa shape index (κ1) is 26.2. The zero-order chi connectivity index (χ0) is 26.3. The van der Waals surface area contributed by atoms with Gasteiger partial charge in [-0.3, -0.25) is 9.20 Å². The number of hydrogen-bond donors (Lipinski definition) is 3. The number of anilines is 1. The Morgan fingerprint density at radius 1 is 1.08 bits per heavy atom. The molecule has 10 heteroatoms. The minimum absolute atomic E-state index is 0.00806. The molecule has 4 rings (SSSR count). The van der Waals surface area contributed by atoms with E-state index in [0.717, 1.165) is 11.3 Å². The number of hydrogen-bond acceptors (Lipinski definition) is 7. The number of nitrogens with one attached hydrogen (secondary N) is 1. The summed E-state index contributed by atoms with van der Waals surface area (Å²) in [6.07, 6.45) is 4.68. The molecule has 0 spiro atoms. The second-order valence-electron chi connectivity index (χ2n) is 8.45.